The van der Waals surface area contributed by atoms with Gasteiger partial charge in [0, 0.05) is 0 Å². The highest BCUT2D eigenvalue weighted by Gasteiger charge is 2.16. The average Bonchev–Trinajstić information content (AvgIpc) is 2.50. The molecular formula is C8H9NO4S. The minimum Gasteiger partial charge on any atom is -0.477 e. The van der Waals surface area contributed by atoms with Gasteiger partial charge in [0.1, 0.15) is 4.88 Å². The van der Waals surface area contributed by atoms with Crippen LogP contribution in [0.15, 0.2) is 6.07 Å². The average molecular weight is 215 g/mol. The lowest BCUT2D eigenvalue weighted by atomic mass is 10.3. The van der Waals surface area contributed by atoms with Gasteiger partial charge >= 0.3 is 11.9 Å². The van der Waals surface area contributed by atoms with Crippen molar-refractivity contribution in [2.45, 2.75) is 20.0 Å². The SMILES string of the molecule is CC(C)OC(=O)c1cc(C(=O)O)sn1. The standard InChI is InChI=1S/C8H9NO4S/c1-4(2)13-8(12)5-3-6(7(10)11)14-9-5/h3-4H,1-2H3,(H,10,11). The zero-order chi connectivity index (χ0) is 10.7. The van der Waals surface area contributed by atoms with Crippen LogP contribution < -0.4 is 0 Å². The van der Waals surface area contributed by atoms with Crippen LogP contribution >= 0.6 is 11.5 Å². The molecule has 0 unspecified atom stereocenters. The van der Waals surface area contributed by atoms with Gasteiger partial charge in [-0.05, 0) is 31.4 Å². The number of hydrogen-bond donors (Lipinski definition) is 1. The Morgan fingerprint density at radius 1 is 1.57 bits per heavy atom. The monoisotopic (exact) mass is 215 g/mol. The molecular weight excluding hydrogens is 206 g/mol. The zero-order valence-electron chi connectivity index (χ0n) is 7.68. The number of carbonyl (C=O) groups excluding carboxylic acids is 1. The van der Waals surface area contributed by atoms with E-state index in [2.05, 4.69) is 4.37 Å². The summed E-state index contributed by atoms with van der Waals surface area (Å²) in [4.78, 5) is 21.7. The van der Waals surface area contributed by atoms with Crippen LogP contribution in [0, 0.1) is 0 Å². The molecule has 0 radical (unpaired) electrons. The summed E-state index contributed by atoms with van der Waals surface area (Å²) in [5.74, 6) is -1.69. The van der Waals surface area contributed by atoms with Crippen molar-refractivity contribution in [3.8, 4) is 0 Å². The van der Waals surface area contributed by atoms with Gasteiger partial charge in [0.15, 0.2) is 5.69 Å². The molecule has 1 N–H and O–H groups in total. The van der Waals surface area contributed by atoms with Gasteiger partial charge in [-0.3, -0.25) is 0 Å². The number of aromatic carboxylic acids is 1. The first-order valence-corrected chi connectivity index (χ1v) is 4.69. The van der Waals surface area contributed by atoms with Gasteiger partial charge in [0.25, 0.3) is 0 Å². The molecule has 0 saturated carbocycles. The third kappa shape index (κ3) is 2.53. The van der Waals surface area contributed by atoms with Crippen molar-refractivity contribution in [3.63, 3.8) is 0 Å². The smallest absolute Gasteiger partial charge is 0.358 e. The predicted molar refractivity (Wildman–Crippen MR) is 49.6 cm³/mol. The van der Waals surface area contributed by atoms with E-state index in [4.69, 9.17) is 9.84 Å². The molecule has 0 atom stereocenters. The quantitative estimate of drug-likeness (QED) is 0.771. The van der Waals surface area contributed by atoms with E-state index in [0.29, 0.717) is 0 Å². The molecule has 0 aliphatic rings. The molecule has 0 fully saturated rings. The lowest BCUT2D eigenvalue weighted by Crippen LogP contribution is -2.11. The van der Waals surface area contributed by atoms with Crippen LogP contribution in [-0.4, -0.2) is 27.5 Å². The highest BCUT2D eigenvalue weighted by molar-refractivity contribution is 7.08. The summed E-state index contributed by atoms with van der Waals surface area (Å²) in [5, 5.41) is 8.58. The third-order valence-electron chi connectivity index (χ3n) is 1.27. The van der Waals surface area contributed by atoms with Crippen LogP contribution in [0.5, 0.6) is 0 Å². The molecule has 1 aromatic rings. The van der Waals surface area contributed by atoms with Gasteiger partial charge in [0.2, 0.25) is 0 Å². The first kappa shape index (κ1) is 10.6. The van der Waals surface area contributed by atoms with Crippen molar-refractivity contribution in [2.24, 2.45) is 0 Å². The van der Waals surface area contributed by atoms with Crippen molar-refractivity contribution in [1.29, 1.82) is 0 Å². The molecule has 5 nitrogen and oxygen atoms in total. The summed E-state index contributed by atoms with van der Waals surface area (Å²) in [5.41, 5.74) is 0.0427. The van der Waals surface area contributed by atoms with Crippen LogP contribution in [0.3, 0.4) is 0 Å². The fourth-order valence-electron chi connectivity index (χ4n) is 0.747. The molecule has 1 rings (SSSR count). The van der Waals surface area contributed by atoms with Crippen molar-refractivity contribution in [2.75, 3.05) is 0 Å². The van der Waals surface area contributed by atoms with Crippen molar-refractivity contribution in [1.82, 2.24) is 4.37 Å². The number of rotatable bonds is 3. The summed E-state index contributed by atoms with van der Waals surface area (Å²) < 4.78 is 8.52. The number of aromatic nitrogens is 1. The number of ether oxygens (including phenoxy) is 1. The predicted octanol–water partition coefficient (Wildman–Crippen LogP) is 1.41. The van der Waals surface area contributed by atoms with Crippen LogP contribution in [0.25, 0.3) is 0 Å². The minimum atomic E-state index is -1.09. The topological polar surface area (TPSA) is 76.5 Å². The Balaban J connectivity index is 2.76. The van der Waals surface area contributed by atoms with Crippen LogP contribution in [-0.2, 0) is 4.74 Å². The van der Waals surface area contributed by atoms with Gasteiger partial charge in [-0.15, -0.1) is 0 Å². The number of esters is 1. The summed E-state index contributed by atoms with van der Waals surface area (Å²) in [6.07, 6.45) is -0.238. The van der Waals surface area contributed by atoms with Gasteiger partial charge in [-0.25, -0.2) is 9.59 Å². The van der Waals surface area contributed by atoms with Gasteiger partial charge < -0.3 is 9.84 Å². The van der Waals surface area contributed by atoms with Crippen LogP contribution in [0.4, 0.5) is 0 Å². The number of carboxylic acid groups (broad SMARTS) is 1. The Morgan fingerprint density at radius 2 is 2.21 bits per heavy atom. The maximum Gasteiger partial charge on any atom is 0.358 e. The highest BCUT2D eigenvalue weighted by Crippen LogP contribution is 2.11. The van der Waals surface area contributed by atoms with Gasteiger partial charge in [0.05, 0.1) is 6.10 Å². The van der Waals surface area contributed by atoms with E-state index in [0.717, 1.165) is 11.5 Å². The summed E-state index contributed by atoms with van der Waals surface area (Å²) in [6.45, 7) is 3.42. The largest absolute Gasteiger partial charge is 0.477 e. The first-order chi connectivity index (χ1) is 6.50. The number of nitrogens with zero attached hydrogens (tertiary/aromatic N) is 1. The Hall–Kier alpha value is -1.43. The third-order valence-corrected chi connectivity index (χ3v) is 2.05. The molecule has 1 aromatic heterocycles. The first-order valence-electron chi connectivity index (χ1n) is 3.91. The lowest BCUT2D eigenvalue weighted by molar-refractivity contribution is 0.0372. The Morgan fingerprint density at radius 3 is 2.64 bits per heavy atom. The fraction of sp³-hybridized carbons (Fsp3) is 0.375. The maximum atomic E-state index is 11.2. The van der Waals surface area contributed by atoms with E-state index in [1.54, 1.807) is 13.8 Å². The Kier molecular flexibility index (Phi) is 3.19. The maximum absolute atomic E-state index is 11.2. The molecule has 0 spiro atoms. The van der Waals surface area contributed by atoms with Crippen molar-refractivity contribution < 1.29 is 19.4 Å². The number of carbonyl (C=O) groups is 2. The summed E-state index contributed by atoms with van der Waals surface area (Å²) >= 11 is 0.763. The molecule has 0 amide bonds. The molecule has 1 heterocycles. The lowest BCUT2D eigenvalue weighted by Gasteiger charge is -2.04. The minimum absolute atomic E-state index is 0.0284. The fourth-order valence-corrected chi connectivity index (χ4v) is 1.31. The normalized spacial score (nSPS) is 10.2. The molecule has 0 saturated heterocycles. The number of carboxylic acids is 1. The van der Waals surface area contributed by atoms with Crippen molar-refractivity contribution in [3.05, 3.63) is 16.6 Å². The second kappa shape index (κ2) is 4.19. The number of hydrogen-bond acceptors (Lipinski definition) is 5. The zero-order valence-corrected chi connectivity index (χ0v) is 8.50. The molecule has 0 bridgehead atoms. The summed E-state index contributed by atoms with van der Waals surface area (Å²) in [6, 6.07) is 1.21. The van der Waals surface area contributed by atoms with Gasteiger partial charge in [-0.1, -0.05) is 0 Å². The molecule has 14 heavy (non-hydrogen) atoms. The van der Waals surface area contributed by atoms with E-state index in [1.807, 2.05) is 0 Å². The Bertz CT molecular complexity index is 358. The van der Waals surface area contributed by atoms with Crippen LogP contribution in [0.2, 0.25) is 0 Å². The summed E-state index contributed by atoms with van der Waals surface area (Å²) in [7, 11) is 0. The van der Waals surface area contributed by atoms with E-state index < -0.39 is 11.9 Å². The molecule has 0 aliphatic carbocycles. The van der Waals surface area contributed by atoms with E-state index in [9.17, 15) is 9.59 Å². The molecule has 0 aromatic carbocycles. The second-order valence-electron chi connectivity index (χ2n) is 2.84. The highest BCUT2D eigenvalue weighted by atomic mass is 32.1. The van der Waals surface area contributed by atoms with Gasteiger partial charge in [-0.2, -0.15) is 4.37 Å². The molecule has 6 heteroatoms. The Labute approximate surface area is 84.5 Å². The van der Waals surface area contributed by atoms with E-state index >= 15 is 0 Å². The van der Waals surface area contributed by atoms with Crippen molar-refractivity contribution >= 4 is 23.5 Å². The molecule has 76 valence electrons. The molecule has 0 aliphatic heterocycles. The second-order valence-corrected chi connectivity index (χ2v) is 3.64. The van der Waals surface area contributed by atoms with E-state index in [1.165, 1.54) is 6.07 Å². The van der Waals surface area contributed by atoms with E-state index in [-0.39, 0.29) is 16.7 Å². The van der Waals surface area contributed by atoms with Crippen LogP contribution in [0.1, 0.15) is 34.0 Å².